The predicted octanol–water partition coefficient (Wildman–Crippen LogP) is 6.76. The Morgan fingerprint density at radius 2 is 1.35 bits per heavy atom. The fourth-order valence-corrected chi connectivity index (χ4v) is 6.33. The van der Waals surface area contributed by atoms with Crippen LogP contribution in [0.3, 0.4) is 0 Å². The van der Waals surface area contributed by atoms with E-state index in [-0.39, 0.29) is 6.04 Å². The normalized spacial score (nSPS) is 14.5. The zero-order valence-electron chi connectivity index (χ0n) is 21.3. The summed E-state index contributed by atoms with van der Waals surface area (Å²) in [6.45, 7) is 6.08. The number of rotatable bonds is 7. The fraction of sp³-hybridized carbons (Fsp3) is 0.250. The minimum absolute atomic E-state index is 0.261. The second kappa shape index (κ2) is 10.8. The van der Waals surface area contributed by atoms with Gasteiger partial charge in [-0.15, -0.1) is 11.3 Å². The largest absolute Gasteiger partial charge is 0.353 e. The van der Waals surface area contributed by atoms with Crippen molar-refractivity contribution in [2.24, 2.45) is 0 Å². The number of fused-ring (bicyclic) bond motifs is 1. The number of aromatic nitrogens is 2. The van der Waals surface area contributed by atoms with Gasteiger partial charge in [0.1, 0.15) is 16.5 Å². The zero-order chi connectivity index (χ0) is 25.0. The molecule has 0 spiro atoms. The number of nitrogens with zero attached hydrogens (tertiary/aromatic N) is 4. The van der Waals surface area contributed by atoms with E-state index < -0.39 is 0 Å². The first-order chi connectivity index (χ1) is 18.3. The molecule has 2 aromatic heterocycles. The number of hydrogen-bond acceptors (Lipinski definition) is 5. The van der Waals surface area contributed by atoms with Crippen LogP contribution in [0.15, 0.2) is 97.1 Å². The summed E-state index contributed by atoms with van der Waals surface area (Å²) in [4.78, 5) is 17.7. The second-order valence-electron chi connectivity index (χ2n) is 9.66. The lowest BCUT2D eigenvalue weighted by atomic mass is 9.96. The Kier molecular flexibility index (Phi) is 6.98. The molecule has 186 valence electrons. The Morgan fingerprint density at radius 3 is 1.95 bits per heavy atom. The van der Waals surface area contributed by atoms with Crippen LogP contribution in [0.5, 0.6) is 0 Å². The number of hydrogen-bond donors (Lipinski definition) is 0. The minimum atomic E-state index is 0.261. The van der Waals surface area contributed by atoms with Crippen LogP contribution in [0, 0.1) is 0 Å². The first-order valence-corrected chi connectivity index (χ1v) is 14.0. The molecule has 5 heteroatoms. The van der Waals surface area contributed by atoms with E-state index in [2.05, 4.69) is 114 Å². The SMILES string of the molecule is CCc1cc2c(N3CCN(C(c4ccccc4)c4ccccc4)CC3)nc(Cc3ccccc3)nc2s1. The lowest BCUT2D eigenvalue weighted by Gasteiger charge is -2.40. The average molecular weight is 505 g/mol. The molecule has 1 aliphatic heterocycles. The molecule has 0 N–H and O–H groups in total. The van der Waals surface area contributed by atoms with Crippen LogP contribution in [-0.4, -0.2) is 41.0 Å². The molecule has 0 saturated carbocycles. The number of thiophene rings is 1. The predicted molar refractivity (Wildman–Crippen MR) is 155 cm³/mol. The molecule has 6 rings (SSSR count). The molecule has 1 fully saturated rings. The highest BCUT2D eigenvalue weighted by Crippen LogP contribution is 2.34. The van der Waals surface area contributed by atoms with Crippen molar-refractivity contribution < 1.29 is 0 Å². The maximum absolute atomic E-state index is 5.16. The first kappa shape index (κ1) is 23.8. The topological polar surface area (TPSA) is 32.3 Å². The molecule has 0 bridgehead atoms. The van der Waals surface area contributed by atoms with E-state index in [0.717, 1.165) is 55.5 Å². The van der Waals surface area contributed by atoms with Crippen molar-refractivity contribution in [3.63, 3.8) is 0 Å². The molecule has 5 aromatic rings. The quantitative estimate of drug-likeness (QED) is 0.245. The maximum atomic E-state index is 5.16. The molecule has 4 nitrogen and oxygen atoms in total. The van der Waals surface area contributed by atoms with Crippen molar-refractivity contribution in [3.05, 3.63) is 124 Å². The monoisotopic (exact) mass is 504 g/mol. The number of anilines is 1. The molecule has 0 aliphatic carbocycles. The molecule has 37 heavy (non-hydrogen) atoms. The molecule has 0 unspecified atom stereocenters. The van der Waals surface area contributed by atoms with Crippen molar-refractivity contribution in [3.8, 4) is 0 Å². The molecule has 0 amide bonds. The lowest BCUT2D eigenvalue weighted by molar-refractivity contribution is 0.212. The van der Waals surface area contributed by atoms with Gasteiger partial charge in [-0.05, 0) is 29.2 Å². The summed E-state index contributed by atoms with van der Waals surface area (Å²) in [7, 11) is 0. The van der Waals surface area contributed by atoms with E-state index in [1.807, 2.05) is 11.3 Å². The van der Waals surface area contributed by atoms with Gasteiger partial charge in [0.15, 0.2) is 0 Å². The summed E-state index contributed by atoms with van der Waals surface area (Å²) < 4.78 is 0. The van der Waals surface area contributed by atoms with Gasteiger partial charge in [-0.25, -0.2) is 9.97 Å². The van der Waals surface area contributed by atoms with Crippen LogP contribution in [0.2, 0.25) is 0 Å². The van der Waals surface area contributed by atoms with Crippen molar-refractivity contribution in [1.82, 2.24) is 14.9 Å². The fourth-order valence-electron chi connectivity index (χ4n) is 5.35. The lowest BCUT2D eigenvalue weighted by Crippen LogP contribution is -2.48. The van der Waals surface area contributed by atoms with Crippen LogP contribution in [0.4, 0.5) is 5.82 Å². The summed E-state index contributed by atoms with van der Waals surface area (Å²) in [5, 5.41) is 1.20. The van der Waals surface area contributed by atoms with Gasteiger partial charge in [-0.2, -0.15) is 0 Å². The van der Waals surface area contributed by atoms with Crippen LogP contribution < -0.4 is 4.90 Å². The van der Waals surface area contributed by atoms with E-state index >= 15 is 0 Å². The van der Waals surface area contributed by atoms with Crippen molar-refractivity contribution in [1.29, 1.82) is 0 Å². The van der Waals surface area contributed by atoms with Crippen molar-refractivity contribution >= 4 is 27.4 Å². The van der Waals surface area contributed by atoms with Gasteiger partial charge in [0.25, 0.3) is 0 Å². The van der Waals surface area contributed by atoms with Gasteiger partial charge < -0.3 is 4.90 Å². The molecule has 0 radical (unpaired) electrons. The van der Waals surface area contributed by atoms with E-state index in [9.17, 15) is 0 Å². The van der Waals surface area contributed by atoms with E-state index in [1.165, 1.54) is 27.0 Å². The Labute approximate surface area is 223 Å². The Balaban J connectivity index is 1.29. The summed E-state index contributed by atoms with van der Waals surface area (Å²) in [6, 6.07) is 34.9. The zero-order valence-corrected chi connectivity index (χ0v) is 22.1. The minimum Gasteiger partial charge on any atom is -0.353 e. The van der Waals surface area contributed by atoms with Crippen LogP contribution in [0.25, 0.3) is 10.2 Å². The molecule has 3 aromatic carbocycles. The van der Waals surface area contributed by atoms with Crippen LogP contribution in [-0.2, 0) is 12.8 Å². The third-order valence-electron chi connectivity index (χ3n) is 7.23. The third-order valence-corrected chi connectivity index (χ3v) is 8.41. The Hall–Kier alpha value is -3.54. The smallest absolute Gasteiger partial charge is 0.141 e. The molecule has 1 saturated heterocycles. The van der Waals surface area contributed by atoms with Crippen LogP contribution in [0.1, 0.15) is 40.4 Å². The Bertz CT molecular complexity index is 1400. The van der Waals surface area contributed by atoms with Gasteiger partial charge in [-0.3, -0.25) is 4.90 Å². The summed E-state index contributed by atoms with van der Waals surface area (Å²) in [5.74, 6) is 2.01. The summed E-state index contributed by atoms with van der Waals surface area (Å²) in [5.41, 5.74) is 3.95. The van der Waals surface area contributed by atoms with Crippen molar-refractivity contribution in [2.75, 3.05) is 31.1 Å². The summed E-state index contributed by atoms with van der Waals surface area (Å²) >= 11 is 1.81. The van der Waals surface area contributed by atoms with Gasteiger partial charge in [0.2, 0.25) is 0 Å². The Morgan fingerprint density at radius 1 is 0.757 bits per heavy atom. The number of benzene rings is 3. The molecule has 3 heterocycles. The van der Waals surface area contributed by atoms with E-state index in [0.29, 0.717) is 0 Å². The van der Waals surface area contributed by atoms with Crippen LogP contribution >= 0.6 is 11.3 Å². The molecule has 1 aliphatic rings. The molecule has 0 atom stereocenters. The van der Waals surface area contributed by atoms with Gasteiger partial charge in [0.05, 0.1) is 11.4 Å². The van der Waals surface area contributed by atoms with Gasteiger partial charge in [0, 0.05) is 37.5 Å². The average Bonchev–Trinajstić information content (AvgIpc) is 3.38. The number of aryl methyl sites for hydroxylation is 1. The highest BCUT2D eigenvalue weighted by atomic mass is 32.1. The summed E-state index contributed by atoms with van der Waals surface area (Å²) in [6.07, 6.45) is 1.78. The second-order valence-corrected chi connectivity index (χ2v) is 10.8. The van der Waals surface area contributed by atoms with Crippen molar-refractivity contribution in [2.45, 2.75) is 25.8 Å². The highest BCUT2D eigenvalue weighted by molar-refractivity contribution is 7.18. The van der Waals surface area contributed by atoms with E-state index in [1.54, 1.807) is 0 Å². The van der Waals surface area contributed by atoms with E-state index in [4.69, 9.17) is 9.97 Å². The number of piperazine rings is 1. The first-order valence-electron chi connectivity index (χ1n) is 13.2. The van der Waals surface area contributed by atoms with Gasteiger partial charge in [-0.1, -0.05) is 97.9 Å². The maximum Gasteiger partial charge on any atom is 0.141 e. The van der Waals surface area contributed by atoms with Gasteiger partial charge >= 0.3 is 0 Å². The highest BCUT2D eigenvalue weighted by Gasteiger charge is 2.28. The standard InChI is InChI=1S/C32H32N4S/c1-2-27-23-28-31(33-29(34-32(28)37-27)22-24-12-6-3-7-13-24)36-20-18-35(19-21-36)30(25-14-8-4-9-15-25)26-16-10-5-11-17-26/h3-17,23,30H,2,18-22H2,1H3. The third kappa shape index (κ3) is 5.15. The molecular formula is C32H32N4S. The molecular weight excluding hydrogens is 472 g/mol.